The summed E-state index contributed by atoms with van der Waals surface area (Å²) in [5.41, 5.74) is 7.62. The molecule has 8 rings (SSSR count). The van der Waals surface area contributed by atoms with Crippen molar-refractivity contribution in [3.8, 4) is 22.3 Å². The first-order valence-corrected chi connectivity index (χ1v) is 12.7. The summed E-state index contributed by atoms with van der Waals surface area (Å²) in [4.78, 5) is 4.99. The normalized spacial score (nSPS) is 16.6. The second kappa shape index (κ2) is 7.18. The van der Waals surface area contributed by atoms with Gasteiger partial charge in [-0.1, -0.05) is 78.3 Å². The third-order valence-electron chi connectivity index (χ3n) is 7.89. The molecule has 0 aliphatic heterocycles. The number of pyridine rings is 1. The van der Waals surface area contributed by atoms with Crippen molar-refractivity contribution in [1.29, 1.82) is 0 Å². The van der Waals surface area contributed by atoms with E-state index >= 15 is 4.39 Å². The molecule has 2 heterocycles. The standard InChI is InChI=1S/C33H20ClFN2/c1-33(35)27-16-19(10-13-23(27)24-15-12-21(34)18-28(24)33)20-11-14-25-22-6-2-3-7-26(22)32-36-29-8-4-5-9-30(29)37(32)31(25)17-20/h2-18H,1H3. The molecule has 0 radical (unpaired) electrons. The molecular formula is C33H20ClFN2. The van der Waals surface area contributed by atoms with E-state index < -0.39 is 5.67 Å². The van der Waals surface area contributed by atoms with Crippen LogP contribution in [0.3, 0.4) is 0 Å². The highest BCUT2D eigenvalue weighted by Crippen LogP contribution is 2.51. The minimum absolute atomic E-state index is 0.550. The Hall–Kier alpha value is -4.21. The summed E-state index contributed by atoms with van der Waals surface area (Å²) in [6.07, 6.45) is 0. The van der Waals surface area contributed by atoms with Crippen molar-refractivity contribution in [2.75, 3.05) is 0 Å². The average Bonchev–Trinajstić information content (AvgIpc) is 3.42. The maximum Gasteiger partial charge on any atom is 0.159 e. The topological polar surface area (TPSA) is 17.3 Å². The number of fused-ring (bicyclic) bond motifs is 11. The quantitative estimate of drug-likeness (QED) is 0.206. The van der Waals surface area contributed by atoms with Gasteiger partial charge in [0.1, 0.15) is 5.65 Å². The molecule has 0 bridgehead atoms. The summed E-state index contributed by atoms with van der Waals surface area (Å²) in [5, 5.41) is 4.01. The SMILES string of the molecule is CC1(F)c2cc(Cl)ccc2-c2ccc(-c3ccc4c5ccccc5c5nc6ccccc6n5c4c3)cc21. The number of imidazole rings is 1. The van der Waals surface area contributed by atoms with E-state index in [9.17, 15) is 0 Å². The van der Waals surface area contributed by atoms with E-state index in [4.69, 9.17) is 16.6 Å². The van der Waals surface area contributed by atoms with E-state index in [-0.39, 0.29) is 0 Å². The molecule has 0 amide bonds. The van der Waals surface area contributed by atoms with Crippen LogP contribution in [-0.2, 0) is 5.67 Å². The fourth-order valence-electron chi connectivity index (χ4n) is 6.12. The highest BCUT2D eigenvalue weighted by Gasteiger charge is 2.40. The molecule has 1 unspecified atom stereocenters. The zero-order chi connectivity index (χ0) is 24.9. The van der Waals surface area contributed by atoms with Crippen molar-refractivity contribution in [2.45, 2.75) is 12.6 Å². The van der Waals surface area contributed by atoms with Gasteiger partial charge in [0.25, 0.3) is 0 Å². The van der Waals surface area contributed by atoms with Crippen LogP contribution in [0.4, 0.5) is 4.39 Å². The molecule has 1 aliphatic carbocycles. The first kappa shape index (κ1) is 20.9. The van der Waals surface area contributed by atoms with Crippen LogP contribution in [0.15, 0.2) is 103 Å². The van der Waals surface area contributed by atoms with E-state index in [1.165, 1.54) is 5.39 Å². The van der Waals surface area contributed by atoms with Gasteiger partial charge in [0.05, 0.1) is 16.6 Å². The summed E-state index contributed by atoms with van der Waals surface area (Å²) in [6, 6.07) is 34.8. The van der Waals surface area contributed by atoms with Gasteiger partial charge in [0, 0.05) is 26.9 Å². The highest BCUT2D eigenvalue weighted by molar-refractivity contribution is 6.30. The summed E-state index contributed by atoms with van der Waals surface area (Å²) in [5.74, 6) is 0. The minimum Gasteiger partial charge on any atom is -0.292 e. The Morgan fingerprint density at radius 3 is 2.22 bits per heavy atom. The monoisotopic (exact) mass is 498 g/mol. The van der Waals surface area contributed by atoms with Crippen molar-refractivity contribution in [1.82, 2.24) is 9.38 Å². The first-order chi connectivity index (χ1) is 18.0. The molecule has 1 atom stereocenters. The number of alkyl halides is 1. The van der Waals surface area contributed by atoms with Gasteiger partial charge in [-0.2, -0.15) is 0 Å². The van der Waals surface area contributed by atoms with E-state index in [1.54, 1.807) is 13.0 Å². The van der Waals surface area contributed by atoms with Crippen LogP contribution in [0, 0.1) is 0 Å². The van der Waals surface area contributed by atoms with Crippen molar-refractivity contribution < 1.29 is 4.39 Å². The zero-order valence-corrected chi connectivity index (χ0v) is 20.7. The number of hydrogen-bond donors (Lipinski definition) is 0. The number of rotatable bonds is 1. The molecule has 0 fully saturated rings. The number of nitrogens with zero attached hydrogens (tertiary/aromatic N) is 2. The third kappa shape index (κ3) is 2.78. The third-order valence-corrected chi connectivity index (χ3v) is 8.13. The summed E-state index contributed by atoms with van der Waals surface area (Å²) in [6.45, 7) is 1.63. The summed E-state index contributed by atoms with van der Waals surface area (Å²) in [7, 11) is 0. The minimum atomic E-state index is -1.60. The van der Waals surface area contributed by atoms with Crippen molar-refractivity contribution in [2.24, 2.45) is 0 Å². The second-order valence-corrected chi connectivity index (χ2v) is 10.4. The highest BCUT2D eigenvalue weighted by atomic mass is 35.5. The fraction of sp³-hybridized carbons (Fsp3) is 0.0606. The molecule has 4 heteroatoms. The summed E-state index contributed by atoms with van der Waals surface area (Å²) < 4.78 is 18.4. The van der Waals surface area contributed by atoms with Crippen LogP contribution < -0.4 is 0 Å². The molecule has 37 heavy (non-hydrogen) atoms. The molecule has 0 N–H and O–H groups in total. The fourth-order valence-corrected chi connectivity index (χ4v) is 6.29. The van der Waals surface area contributed by atoms with Crippen LogP contribution in [0.2, 0.25) is 5.02 Å². The van der Waals surface area contributed by atoms with Gasteiger partial charge in [-0.05, 0) is 71.0 Å². The number of para-hydroxylation sites is 2. The van der Waals surface area contributed by atoms with Crippen LogP contribution in [0.5, 0.6) is 0 Å². The predicted molar refractivity (Wildman–Crippen MR) is 151 cm³/mol. The number of hydrogen-bond acceptors (Lipinski definition) is 1. The van der Waals surface area contributed by atoms with Crippen LogP contribution in [-0.4, -0.2) is 9.38 Å². The molecule has 0 spiro atoms. The van der Waals surface area contributed by atoms with E-state index in [0.29, 0.717) is 16.1 Å². The Balaban J connectivity index is 1.41. The maximum absolute atomic E-state index is 16.2. The lowest BCUT2D eigenvalue weighted by Crippen LogP contribution is -2.13. The lowest BCUT2D eigenvalue weighted by molar-refractivity contribution is 0.258. The molecule has 0 saturated heterocycles. The molecule has 0 saturated carbocycles. The lowest BCUT2D eigenvalue weighted by Gasteiger charge is -2.18. The number of halogens is 2. The van der Waals surface area contributed by atoms with E-state index in [1.807, 2.05) is 36.4 Å². The van der Waals surface area contributed by atoms with Crippen LogP contribution in [0.25, 0.3) is 60.6 Å². The van der Waals surface area contributed by atoms with Crippen LogP contribution in [0.1, 0.15) is 18.1 Å². The van der Waals surface area contributed by atoms with Crippen molar-refractivity contribution in [3.63, 3.8) is 0 Å². The average molecular weight is 499 g/mol. The lowest BCUT2D eigenvalue weighted by atomic mass is 9.92. The van der Waals surface area contributed by atoms with Crippen molar-refractivity contribution >= 4 is 50.0 Å². The molecule has 1 aliphatic rings. The van der Waals surface area contributed by atoms with Gasteiger partial charge in [0.2, 0.25) is 0 Å². The first-order valence-electron chi connectivity index (χ1n) is 12.4. The zero-order valence-electron chi connectivity index (χ0n) is 20.0. The Kier molecular flexibility index (Phi) is 4.06. The molecule has 2 nitrogen and oxygen atoms in total. The van der Waals surface area contributed by atoms with Gasteiger partial charge in [-0.25, -0.2) is 9.37 Å². The largest absolute Gasteiger partial charge is 0.292 e. The van der Waals surface area contributed by atoms with Crippen molar-refractivity contribution in [3.05, 3.63) is 119 Å². The predicted octanol–water partition coefficient (Wildman–Crippen LogP) is 9.33. The molecular weight excluding hydrogens is 479 g/mol. The van der Waals surface area contributed by atoms with Gasteiger partial charge in [0.15, 0.2) is 5.67 Å². The van der Waals surface area contributed by atoms with Gasteiger partial charge >= 0.3 is 0 Å². The molecule has 5 aromatic carbocycles. The van der Waals surface area contributed by atoms with Gasteiger partial charge in [-0.3, -0.25) is 4.40 Å². The van der Waals surface area contributed by atoms with E-state index in [2.05, 4.69) is 65.1 Å². The smallest absolute Gasteiger partial charge is 0.159 e. The molecule has 176 valence electrons. The second-order valence-electron chi connectivity index (χ2n) is 9.99. The summed E-state index contributed by atoms with van der Waals surface area (Å²) >= 11 is 6.22. The van der Waals surface area contributed by atoms with E-state index in [0.717, 1.165) is 55.2 Å². The molecule has 2 aromatic heterocycles. The Labute approximate surface area is 217 Å². The van der Waals surface area contributed by atoms with Gasteiger partial charge in [-0.15, -0.1) is 0 Å². The van der Waals surface area contributed by atoms with Crippen LogP contribution >= 0.6 is 11.6 Å². The van der Waals surface area contributed by atoms with Gasteiger partial charge < -0.3 is 0 Å². The Morgan fingerprint density at radius 2 is 1.35 bits per heavy atom. The maximum atomic E-state index is 16.2. The molecule has 7 aromatic rings. The Morgan fingerprint density at radius 1 is 0.676 bits per heavy atom. The Bertz CT molecular complexity index is 2090. The number of aromatic nitrogens is 2. The number of benzene rings is 5.